The molecule has 0 spiro atoms. The van der Waals surface area contributed by atoms with E-state index in [1.54, 1.807) is 7.11 Å². The van der Waals surface area contributed by atoms with Gasteiger partial charge in [0.05, 0.1) is 23.3 Å². The Balaban J connectivity index is 1.48. The molecule has 1 N–H and O–H groups in total. The molecule has 1 aliphatic heterocycles. The van der Waals surface area contributed by atoms with Crippen molar-refractivity contribution in [1.29, 1.82) is 0 Å². The van der Waals surface area contributed by atoms with Gasteiger partial charge in [0, 0.05) is 10.4 Å². The van der Waals surface area contributed by atoms with E-state index in [0.717, 1.165) is 32.4 Å². The van der Waals surface area contributed by atoms with Gasteiger partial charge in [0.15, 0.2) is 11.5 Å². The van der Waals surface area contributed by atoms with Crippen LogP contribution in [0.1, 0.15) is 35.1 Å². The van der Waals surface area contributed by atoms with Crippen molar-refractivity contribution in [2.75, 3.05) is 12.4 Å². The standard InChI is InChI=1S/C26H23Br2NO2/c1-30-23-14-17(13-22(28)26(23)31-15-16-7-3-2-4-8-16)24-19-10-5-9-18(19)20-11-6-12-21(27)25(20)29-24/h2-9,11-14,18-19,24,29H,10,15H2,1H3/t18-,19+,24-/m0/s1. The van der Waals surface area contributed by atoms with Crippen LogP contribution in [0.15, 0.2) is 81.8 Å². The van der Waals surface area contributed by atoms with Gasteiger partial charge in [-0.3, -0.25) is 0 Å². The molecule has 5 heteroatoms. The minimum Gasteiger partial charge on any atom is -0.493 e. The Hall–Kier alpha value is -2.24. The number of para-hydroxylation sites is 1. The van der Waals surface area contributed by atoms with Crippen molar-refractivity contribution in [3.63, 3.8) is 0 Å². The first-order valence-electron chi connectivity index (χ1n) is 10.4. The maximum absolute atomic E-state index is 6.14. The number of allylic oxidation sites excluding steroid dienone is 2. The SMILES string of the molecule is COc1cc([C@@H]2Nc3c(Br)cccc3[C@H]3C=CC[C@H]32)cc(Br)c1OCc1ccccc1. The van der Waals surface area contributed by atoms with Crippen LogP contribution in [0.25, 0.3) is 0 Å². The maximum atomic E-state index is 6.14. The molecule has 3 atom stereocenters. The summed E-state index contributed by atoms with van der Waals surface area (Å²) in [5.41, 5.74) is 4.85. The fourth-order valence-corrected chi connectivity index (χ4v) is 5.77. The molecule has 0 unspecified atom stereocenters. The average Bonchev–Trinajstić information content (AvgIpc) is 3.28. The molecule has 2 aliphatic rings. The van der Waals surface area contributed by atoms with E-state index >= 15 is 0 Å². The largest absolute Gasteiger partial charge is 0.493 e. The second kappa shape index (κ2) is 8.71. The lowest BCUT2D eigenvalue weighted by Crippen LogP contribution is -2.29. The fraction of sp³-hybridized carbons (Fsp3) is 0.231. The molecule has 3 aromatic carbocycles. The molecule has 31 heavy (non-hydrogen) atoms. The molecule has 5 rings (SSSR count). The molecule has 1 heterocycles. The Morgan fingerprint density at radius 2 is 1.84 bits per heavy atom. The first-order chi connectivity index (χ1) is 15.2. The highest BCUT2D eigenvalue weighted by atomic mass is 79.9. The Labute approximate surface area is 199 Å². The predicted molar refractivity (Wildman–Crippen MR) is 132 cm³/mol. The number of ether oxygens (including phenoxy) is 2. The minimum atomic E-state index is 0.180. The van der Waals surface area contributed by atoms with Crippen LogP contribution in [0.4, 0.5) is 5.69 Å². The van der Waals surface area contributed by atoms with Crippen molar-refractivity contribution in [2.24, 2.45) is 5.92 Å². The first kappa shape index (κ1) is 20.7. The van der Waals surface area contributed by atoms with Crippen molar-refractivity contribution in [1.82, 2.24) is 0 Å². The van der Waals surface area contributed by atoms with E-state index in [9.17, 15) is 0 Å². The van der Waals surface area contributed by atoms with Gasteiger partial charge in [0.25, 0.3) is 0 Å². The zero-order chi connectivity index (χ0) is 21.4. The number of anilines is 1. The zero-order valence-electron chi connectivity index (χ0n) is 17.1. The Bertz CT molecular complexity index is 1130. The summed E-state index contributed by atoms with van der Waals surface area (Å²) in [4.78, 5) is 0. The molecule has 158 valence electrons. The summed E-state index contributed by atoms with van der Waals surface area (Å²) >= 11 is 7.48. The van der Waals surface area contributed by atoms with Crippen LogP contribution in [-0.2, 0) is 6.61 Å². The smallest absolute Gasteiger partial charge is 0.175 e. The number of rotatable bonds is 5. The highest BCUT2D eigenvalue weighted by molar-refractivity contribution is 9.11. The molecule has 0 saturated heterocycles. The van der Waals surface area contributed by atoms with E-state index in [0.29, 0.717) is 18.4 Å². The minimum absolute atomic E-state index is 0.180. The van der Waals surface area contributed by atoms with E-state index in [1.165, 1.54) is 16.8 Å². The van der Waals surface area contributed by atoms with Crippen LogP contribution in [0.2, 0.25) is 0 Å². The van der Waals surface area contributed by atoms with E-state index in [1.807, 2.05) is 18.2 Å². The quantitative estimate of drug-likeness (QED) is 0.337. The molecule has 3 aromatic rings. The van der Waals surface area contributed by atoms with Gasteiger partial charge in [0.1, 0.15) is 6.61 Å². The second-order valence-corrected chi connectivity index (χ2v) is 9.70. The van der Waals surface area contributed by atoms with Crippen LogP contribution < -0.4 is 14.8 Å². The van der Waals surface area contributed by atoms with Gasteiger partial charge in [-0.05, 0) is 79.1 Å². The van der Waals surface area contributed by atoms with Crippen molar-refractivity contribution in [3.05, 3.63) is 98.5 Å². The third-order valence-corrected chi connectivity index (χ3v) is 7.43. The number of hydrogen-bond acceptors (Lipinski definition) is 3. The summed E-state index contributed by atoms with van der Waals surface area (Å²) in [5.74, 6) is 2.35. The normalized spacial score (nSPS) is 21.2. The zero-order valence-corrected chi connectivity index (χ0v) is 20.3. The summed E-state index contributed by atoms with van der Waals surface area (Å²) in [6.45, 7) is 0.492. The van der Waals surface area contributed by atoms with Crippen LogP contribution in [-0.4, -0.2) is 7.11 Å². The van der Waals surface area contributed by atoms with Gasteiger partial charge in [0.2, 0.25) is 0 Å². The monoisotopic (exact) mass is 539 g/mol. The first-order valence-corrected chi connectivity index (χ1v) is 12.0. The van der Waals surface area contributed by atoms with Gasteiger partial charge in [-0.1, -0.05) is 54.6 Å². The summed E-state index contributed by atoms with van der Waals surface area (Å²) in [7, 11) is 1.70. The van der Waals surface area contributed by atoms with Crippen LogP contribution >= 0.6 is 31.9 Å². The van der Waals surface area contributed by atoms with E-state index in [2.05, 4.69) is 91.8 Å². The Kier molecular flexibility index (Phi) is 5.81. The van der Waals surface area contributed by atoms with Crippen LogP contribution in [0.5, 0.6) is 11.5 Å². The lowest BCUT2D eigenvalue weighted by molar-refractivity contribution is 0.282. The highest BCUT2D eigenvalue weighted by Gasteiger charge is 2.39. The molecule has 0 aromatic heterocycles. The number of halogens is 2. The van der Waals surface area contributed by atoms with Crippen LogP contribution in [0, 0.1) is 5.92 Å². The lowest BCUT2D eigenvalue weighted by atomic mass is 9.77. The summed E-state index contributed by atoms with van der Waals surface area (Å²) in [6.07, 6.45) is 5.72. The second-order valence-electron chi connectivity index (χ2n) is 7.99. The third-order valence-electron chi connectivity index (χ3n) is 6.18. The van der Waals surface area contributed by atoms with Crippen molar-refractivity contribution < 1.29 is 9.47 Å². The van der Waals surface area contributed by atoms with E-state index in [-0.39, 0.29) is 6.04 Å². The molecule has 0 amide bonds. The summed E-state index contributed by atoms with van der Waals surface area (Å²) in [6, 6.07) is 21.1. The van der Waals surface area contributed by atoms with Crippen LogP contribution in [0.3, 0.4) is 0 Å². The predicted octanol–water partition coefficient (Wildman–Crippen LogP) is 7.63. The molecule has 3 nitrogen and oxygen atoms in total. The lowest BCUT2D eigenvalue weighted by Gasteiger charge is -2.38. The molecule has 0 bridgehead atoms. The number of hydrogen-bond donors (Lipinski definition) is 1. The molecule has 0 saturated carbocycles. The number of methoxy groups -OCH3 is 1. The molecule has 0 radical (unpaired) electrons. The molecular formula is C26H23Br2NO2. The summed E-state index contributed by atoms with van der Waals surface area (Å²) < 4.78 is 13.9. The van der Waals surface area contributed by atoms with Crippen molar-refractivity contribution in [3.8, 4) is 11.5 Å². The number of benzene rings is 3. The third kappa shape index (κ3) is 3.90. The van der Waals surface area contributed by atoms with Gasteiger partial charge in [-0.15, -0.1) is 0 Å². The molecular weight excluding hydrogens is 518 g/mol. The van der Waals surface area contributed by atoms with E-state index in [4.69, 9.17) is 9.47 Å². The van der Waals surface area contributed by atoms with E-state index < -0.39 is 0 Å². The number of fused-ring (bicyclic) bond motifs is 3. The van der Waals surface area contributed by atoms with Gasteiger partial charge in [-0.2, -0.15) is 0 Å². The maximum Gasteiger partial charge on any atom is 0.175 e. The van der Waals surface area contributed by atoms with Gasteiger partial charge in [-0.25, -0.2) is 0 Å². The number of nitrogens with one attached hydrogen (secondary N) is 1. The summed E-state index contributed by atoms with van der Waals surface area (Å²) in [5, 5.41) is 3.80. The highest BCUT2D eigenvalue weighted by Crippen LogP contribution is 2.52. The average molecular weight is 541 g/mol. The Morgan fingerprint density at radius 3 is 2.65 bits per heavy atom. The molecule has 1 aliphatic carbocycles. The van der Waals surface area contributed by atoms with Gasteiger partial charge >= 0.3 is 0 Å². The van der Waals surface area contributed by atoms with Crippen molar-refractivity contribution in [2.45, 2.75) is 25.0 Å². The topological polar surface area (TPSA) is 30.5 Å². The van der Waals surface area contributed by atoms with Crippen molar-refractivity contribution >= 4 is 37.5 Å². The molecule has 0 fully saturated rings. The van der Waals surface area contributed by atoms with Gasteiger partial charge < -0.3 is 14.8 Å². The fourth-order valence-electron chi connectivity index (χ4n) is 4.70. The Morgan fingerprint density at radius 1 is 1.00 bits per heavy atom.